The van der Waals surface area contributed by atoms with Gasteiger partial charge in [-0.25, -0.2) is 18.1 Å². The van der Waals surface area contributed by atoms with Crippen LogP contribution in [0.4, 0.5) is 11.8 Å². The SMILES string of the molecule is CNS(=O)(=O)C[C@H]1CC[C@H](N(C)c2cc(Cl)nc(N)n2)CC1. The van der Waals surface area contributed by atoms with Crippen LogP contribution in [0, 0.1) is 5.92 Å². The molecule has 1 aromatic heterocycles. The van der Waals surface area contributed by atoms with Crippen molar-refractivity contribution >= 4 is 33.4 Å². The number of halogens is 1. The lowest BCUT2D eigenvalue weighted by atomic mass is 9.86. The Balaban J connectivity index is 1.96. The Bertz CT molecular complexity index is 597. The normalized spacial score (nSPS) is 22.5. The van der Waals surface area contributed by atoms with Crippen LogP contribution in [0.25, 0.3) is 0 Å². The first kappa shape index (κ1) is 17.2. The van der Waals surface area contributed by atoms with Crippen molar-refractivity contribution in [1.29, 1.82) is 0 Å². The molecule has 22 heavy (non-hydrogen) atoms. The second kappa shape index (κ2) is 6.97. The number of nitrogen functional groups attached to an aromatic ring is 1. The third-order valence-corrected chi connectivity index (χ3v) is 5.92. The minimum Gasteiger partial charge on any atom is -0.368 e. The van der Waals surface area contributed by atoms with Crippen LogP contribution in [0.1, 0.15) is 25.7 Å². The molecule has 0 spiro atoms. The lowest BCUT2D eigenvalue weighted by Gasteiger charge is -2.35. The van der Waals surface area contributed by atoms with E-state index in [2.05, 4.69) is 14.7 Å². The molecule has 0 aliphatic heterocycles. The molecule has 1 fully saturated rings. The number of nitrogens with zero attached hydrogens (tertiary/aromatic N) is 3. The van der Waals surface area contributed by atoms with Crippen molar-refractivity contribution in [3.63, 3.8) is 0 Å². The molecule has 9 heteroatoms. The average molecular weight is 348 g/mol. The first-order valence-electron chi connectivity index (χ1n) is 7.25. The summed E-state index contributed by atoms with van der Waals surface area (Å²) in [4.78, 5) is 10.1. The van der Waals surface area contributed by atoms with Crippen molar-refractivity contribution in [2.24, 2.45) is 5.92 Å². The number of aromatic nitrogens is 2. The summed E-state index contributed by atoms with van der Waals surface area (Å²) < 4.78 is 25.6. The molecule has 0 amide bonds. The fraction of sp³-hybridized carbons (Fsp3) is 0.692. The van der Waals surface area contributed by atoms with Gasteiger partial charge in [0, 0.05) is 19.2 Å². The van der Waals surface area contributed by atoms with E-state index < -0.39 is 10.0 Å². The Morgan fingerprint density at radius 1 is 1.36 bits per heavy atom. The highest BCUT2D eigenvalue weighted by Gasteiger charge is 2.27. The van der Waals surface area contributed by atoms with Crippen LogP contribution in [0.3, 0.4) is 0 Å². The minimum absolute atomic E-state index is 0.156. The summed E-state index contributed by atoms with van der Waals surface area (Å²) in [7, 11) is 0.270. The Hall–Kier alpha value is -1.12. The van der Waals surface area contributed by atoms with Crippen LogP contribution in [0.2, 0.25) is 5.15 Å². The van der Waals surface area contributed by atoms with Gasteiger partial charge in [0.25, 0.3) is 0 Å². The van der Waals surface area contributed by atoms with Gasteiger partial charge in [-0.15, -0.1) is 0 Å². The van der Waals surface area contributed by atoms with E-state index in [-0.39, 0.29) is 17.6 Å². The summed E-state index contributed by atoms with van der Waals surface area (Å²) in [6.45, 7) is 0. The Kier molecular flexibility index (Phi) is 5.46. The Morgan fingerprint density at radius 3 is 2.55 bits per heavy atom. The van der Waals surface area contributed by atoms with Crippen molar-refractivity contribution in [3.05, 3.63) is 11.2 Å². The maximum atomic E-state index is 11.6. The van der Waals surface area contributed by atoms with Gasteiger partial charge in [-0.3, -0.25) is 0 Å². The topological polar surface area (TPSA) is 101 Å². The van der Waals surface area contributed by atoms with E-state index in [0.717, 1.165) is 25.7 Å². The van der Waals surface area contributed by atoms with E-state index in [1.807, 2.05) is 11.9 Å². The van der Waals surface area contributed by atoms with Crippen LogP contribution in [0.5, 0.6) is 0 Å². The molecule has 0 unspecified atom stereocenters. The van der Waals surface area contributed by atoms with Gasteiger partial charge in [0.1, 0.15) is 11.0 Å². The standard InChI is InChI=1S/C13H22ClN5O2S/c1-16-22(20,21)8-9-3-5-10(6-4-9)19(2)12-7-11(14)17-13(15)18-12/h7,9-10,16H,3-6,8H2,1-2H3,(H2,15,17,18)/t9-,10-. The van der Waals surface area contributed by atoms with Crippen molar-refractivity contribution in [1.82, 2.24) is 14.7 Å². The zero-order chi connectivity index (χ0) is 16.3. The summed E-state index contributed by atoms with van der Waals surface area (Å²) in [6, 6.07) is 1.99. The van der Waals surface area contributed by atoms with Crippen LogP contribution in [-0.4, -0.2) is 44.3 Å². The highest BCUT2D eigenvalue weighted by molar-refractivity contribution is 7.89. The van der Waals surface area contributed by atoms with Crippen LogP contribution in [-0.2, 0) is 10.0 Å². The molecule has 0 aromatic carbocycles. The molecular formula is C13H22ClN5O2S. The molecule has 124 valence electrons. The van der Waals surface area contributed by atoms with Crippen molar-refractivity contribution in [3.8, 4) is 0 Å². The highest BCUT2D eigenvalue weighted by atomic mass is 35.5. The summed E-state index contributed by atoms with van der Waals surface area (Å²) in [5.74, 6) is 1.26. The number of nitrogens with two attached hydrogens (primary N) is 1. The van der Waals surface area contributed by atoms with Gasteiger partial charge >= 0.3 is 0 Å². The largest absolute Gasteiger partial charge is 0.368 e. The molecular weight excluding hydrogens is 326 g/mol. The molecule has 2 rings (SSSR count). The van der Waals surface area contributed by atoms with E-state index >= 15 is 0 Å². The maximum absolute atomic E-state index is 11.6. The zero-order valence-corrected chi connectivity index (χ0v) is 14.4. The fourth-order valence-electron chi connectivity index (χ4n) is 2.88. The molecule has 0 atom stereocenters. The van der Waals surface area contributed by atoms with E-state index in [9.17, 15) is 8.42 Å². The van der Waals surface area contributed by atoms with Gasteiger partial charge in [-0.05, 0) is 38.6 Å². The highest BCUT2D eigenvalue weighted by Crippen LogP contribution is 2.30. The number of nitrogens with one attached hydrogen (secondary N) is 1. The average Bonchev–Trinajstić information content (AvgIpc) is 2.46. The number of rotatable bonds is 5. The van der Waals surface area contributed by atoms with Crippen molar-refractivity contribution in [2.75, 3.05) is 30.5 Å². The van der Waals surface area contributed by atoms with Crippen molar-refractivity contribution in [2.45, 2.75) is 31.7 Å². The number of sulfonamides is 1. The van der Waals surface area contributed by atoms with E-state index in [0.29, 0.717) is 17.0 Å². The molecule has 1 saturated carbocycles. The smallest absolute Gasteiger partial charge is 0.223 e. The molecule has 1 aliphatic carbocycles. The third-order valence-electron chi connectivity index (χ3n) is 4.19. The number of hydrogen-bond acceptors (Lipinski definition) is 6. The molecule has 7 nitrogen and oxygen atoms in total. The van der Waals surface area contributed by atoms with E-state index in [1.165, 1.54) is 7.05 Å². The van der Waals surface area contributed by atoms with Crippen LogP contribution in [0.15, 0.2) is 6.07 Å². The lowest BCUT2D eigenvalue weighted by Crippen LogP contribution is -2.38. The molecule has 1 aromatic rings. The van der Waals surface area contributed by atoms with Crippen LogP contribution >= 0.6 is 11.6 Å². The number of anilines is 2. The quantitative estimate of drug-likeness (QED) is 0.777. The molecule has 1 heterocycles. The zero-order valence-electron chi connectivity index (χ0n) is 12.8. The maximum Gasteiger partial charge on any atom is 0.223 e. The molecule has 3 N–H and O–H groups in total. The Labute approximate surface area is 136 Å². The summed E-state index contributed by atoms with van der Waals surface area (Å²) in [5.41, 5.74) is 5.63. The molecule has 0 bridgehead atoms. The monoisotopic (exact) mass is 347 g/mol. The van der Waals surface area contributed by atoms with Gasteiger partial charge in [0.05, 0.1) is 5.75 Å². The van der Waals surface area contributed by atoms with Gasteiger partial charge in [0.15, 0.2) is 0 Å². The minimum atomic E-state index is -3.14. The molecule has 1 aliphatic rings. The first-order chi connectivity index (χ1) is 10.3. The predicted octanol–water partition coefficient (Wildman–Crippen LogP) is 1.26. The first-order valence-corrected chi connectivity index (χ1v) is 9.28. The molecule has 0 saturated heterocycles. The lowest BCUT2D eigenvalue weighted by molar-refractivity contribution is 0.340. The van der Waals surface area contributed by atoms with Gasteiger partial charge in [-0.2, -0.15) is 4.98 Å². The summed E-state index contributed by atoms with van der Waals surface area (Å²) >= 11 is 5.91. The summed E-state index contributed by atoms with van der Waals surface area (Å²) in [6.07, 6.45) is 3.60. The van der Waals surface area contributed by atoms with Gasteiger partial charge < -0.3 is 10.6 Å². The van der Waals surface area contributed by atoms with E-state index in [4.69, 9.17) is 17.3 Å². The van der Waals surface area contributed by atoms with Gasteiger partial charge in [-0.1, -0.05) is 11.6 Å². The second-order valence-corrected chi connectivity index (χ2v) is 8.04. The van der Waals surface area contributed by atoms with Crippen molar-refractivity contribution < 1.29 is 8.42 Å². The summed E-state index contributed by atoms with van der Waals surface area (Å²) in [5, 5.41) is 0.322. The predicted molar refractivity (Wildman–Crippen MR) is 88.4 cm³/mol. The number of hydrogen-bond donors (Lipinski definition) is 2. The molecule has 0 radical (unpaired) electrons. The van der Waals surface area contributed by atoms with E-state index in [1.54, 1.807) is 6.07 Å². The fourth-order valence-corrected chi connectivity index (χ4v) is 4.19. The van der Waals surface area contributed by atoms with Gasteiger partial charge in [0.2, 0.25) is 16.0 Å². The van der Waals surface area contributed by atoms with Crippen LogP contribution < -0.4 is 15.4 Å². The third kappa shape index (κ3) is 4.44. The Morgan fingerprint density at radius 2 is 2.00 bits per heavy atom. The second-order valence-electron chi connectivity index (χ2n) is 5.68.